The Balaban J connectivity index is 1.36. The fraction of sp³-hybridized carbons (Fsp3) is 0.423. The topological polar surface area (TPSA) is 95.9 Å². The van der Waals surface area contributed by atoms with E-state index in [1.165, 1.54) is 0 Å². The largest absolute Gasteiger partial charge is 0.481 e. The lowest BCUT2D eigenvalue weighted by atomic mass is 9.94. The number of hydrogen-bond donors (Lipinski definition) is 2. The van der Waals surface area contributed by atoms with E-state index < -0.39 is 48.8 Å². The molecule has 0 spiro atoms. The number of nitrogens with zero attached hydrogens (tertiary/aromatic N) is 1. The summed E-state index contributed by atoms with van der Waals surface area (Å²) in [6, 6.07) is 15.9. The Kier molecular flexibility index (Phi) is 6.78. The van der Waals surface area contributed by atoms with Gasteiger partial charge in [0, 0.05) is 19.0 Å². The van der Waals surface area contributed by atoms with E-state index in [1.807, 2.05) is 48.5 Å². The molecule has 0 bridgehead atoms. The van der Waals surface area contributed by atoms with Gasteiger partial charge < -0.3 is 20.1 Å². The Morgan fingerprint density at radius 3 is 2.17 bits per heavy atom. The van der Waals surface area contributed by atoms with Crippen LogP contribution in [0.2, 0.25) is 0 Å². The minimum atomic E-state index is -3.50. The van der Waals surface area contributed by atoms with E-state index in [9.17, 15) is 23.2 Å². The van der Waals surface area contributed by atoms with Crippen LogP contribution in [-0.4, -0.2) is 60.1 Å². The minimum absolute atomic E-state index is 0.104. The third kappa shape index (κ3) is 4.85. The molecule has 7 nitrogen and oxygen atoms in total. The van der Waals surface area contributed by atoms with Crippen LogP contribution in [0.25, 0.3) is 11.1 Å². The number of alkyl carbamates (subject to hydrolysis) is 1. The number of aliphatic carboxylic acids is 1. The third-order valence-electron chi connectivity index (χ3n) is 6.86. The van der Waals surface area contributed by atoms with Crippen molar-refractivity contribution in [3.05, 3.63) is 59.7 Å². The summed E-state index contributed by atoms with van der Waals surface area (Å²) in [6.45, 7) is 1.98. The molecule has 0 radical (unpaired) electrons. The van der Waals surface area contributed by atoms with Crippen molar-refractivity contribution in [1.82, 2.24) is 10.2 Å². The lowest BCUT2D eigenvalue weighted by molar-refractivity contribution is -0.151. The van der Waals surface area contributed by atoms with Crippen LogP contribution in [0.15, 0.2) is 48.5 Å². The lowest BCUT2D eigenvalue weighted by Gasteiger charge is -2.26. The number of likely N-dealkylation sites (tertiary alicyclic amines) is 1. The SMILES string of the molecule is CC(C)C(CNC(=O)OCC1c2ccccc2-c2ccccc21)C(=O)N1CC(C(=O)O)C(F)(F)C1. The number of fused-ring (bicyclic) bond motifs is 3. The van der Waals surface area contributed by atoms with Gasteiger partial charge in [0.25, 0.3) is 5.92 Å². The summed E-state index contributed by atoms with van der Waals surface area (Å²) in [5.74, 6) is -8.86. The highest BCUT2D eigenvalue weighted by molar-refractivity contribution is 5.82. The summed E-state index contributed by atoms with van der Waals surface area (Å²) in [5.41, 5.74) is 4.34. The predicted octanol–water partition coefficient (Wildman–Crippen LogP) is 3.98. The summed E-state index contributed by atoms with van der Waals surface area (Å²) >= 11 is 0. The van der Waals surface area contributed by atoms with E-state index >= 15 is 0 Å². The predicted molar refractivity (Wildman–Crippen MR) is 124 cm³/mol. The standard InChI is InChI=1S/C26H28F2N2O5/c1-15(2)20(23(31)30-12-22(24(32)33)26(27,28)14-30)11-29-25(34)35-13-21-18-9-5-3-7-16(18)17-8-4-6-10-19(17)21/h3-10,15,20-22H,11-14H2,1-2H3,(H,29,34)(H,32,33). The molecule has 2 atom stereocenters. The second kappa shape index (κ2) is 9.64. The normalized spacial score (nSPS) is 19.2. The number of alkyl halides is 2. The second-order valence-electron chi connectivity index (χ2n) is 9.43. The maximum Gasteiger partial charge on any atom is 0.407 e. The summed E-state index contributed by atoms with van der Waals surface area (Å²) in [7, 11) is 0. The van der Waals surface area contributed by atoms with Crippen LogP contribution in [-0.2, 0) is 14.3 Å². The Morgan fingerprint density at radius 1 is 1.09 bits per heavy atom. The zero-order valence-corrected chi connectivity index (χ0v) is 19.5. The van der Waals surface area contributed by atoms with Crippen molar-refractivity contribution in [2.45, 2.75) is 25.7 Å². The van der Waals surface area contributed by atoms with E-state index in [-0.39, 0.29) is 25.0 Å². The molecule has 2 aromatic carbocycles. The summed E-state index contributed by atoms with van der Waals surface area (Å²) in [4.78, 5) is 37.4. The lowest BCUT2D eigenvalue weighted by Crippen LogP contribution is -2.43. The first-order valence-corrected chi connectivity index (χ1v) is 11.6. The van der Waals surface area contributed by atoms with Crippen molar-refractivity contribution in [2.24, 2.45) is 17.8 Å². The van der Waals surface area contributed by atoms with Gasteiger partial charge in [-0.25, -0.2) is 13.6 Å². The number of ether oxygens (including phenoxy) is 1. The first kappa shape index (κ1) is 24.6. The van der Waals surface area contributed by atoms with Crippen LogP contribution < -0.4 is 5.32 Å². The van der Waals surface area contributed by atoms with Crippen LogP contribution in [0.3, 0.4) is 0 Å². The molecular formula is C26H28F2N2O5. The molecule has 1 fully saturated rings. The Labute approximate surface area is 202 Å². The molecule has 1 aliphatic heterocycles. The molecule has 2 amide bonds. The number of halogens is 2. The monoisotopic (exact) mass is 486 g/mol. The Bertz CT molecular complexity index is 1090. The van der Waals surface area contributed by atoms with Crippen LogP contribution >= 0.6 is 0 Å². The first-order valence-electron chi connectivity index (χ1n) is 11.6. The molecule has 9 heteroatoms. The third-order valence-corrected chi connectivity index (χ3v) is 6.86. The Morgan fingerprint density at radius 2 is 1.66 bits per heavy atom. The van der Waals surface area contributed by atoms with Gasteiger partial charge in [0.15, 0.2) is 0 Å². The zero-order chi connectivity index (χ0) is 25.3. The molecule has 2 N–H and O–H groups in total. The molecule has 4 rings (SSSR count). The molecule has 186 valence electrons. The average molecular weight is 487 g/mol. The number of nitrogens with one attached hydrogen (secondary N) is 1. The van der Waals surface area contributed by atoms with E-state index in [4.69, 9.17) is 9.84 Å². The molecule has 1 aliphatic carbocycles. The molecule has 2 unspecified atom stereocenters. The first-order chi connectivity index (χ1) is 16.6. The zero-order valence-electron chi connectivity index (χ0n) is 19.5. The summed E-state index contributed by atoms with van der Waals surface area (Å²) in [6.07, 6.45) is -0.708. The second-order valence-corrected chi connectivity index (χ2v) is 9.43. The summed E-state index contributed by atoms with van der Waals surface area (Å²) in [5, 5.41) is 11.6. The smallest absolute Gasteiger partial charge is 0.407 e. The van der Waals surface area contributed by atoms with Gasteiger partial charge in [-0.2, -0.15) is 0 Å². The van der Waals surface area contributed by atoms with Gasteiger partial charge in [-0.05, 0) is 28.2 Å². The highest BCUT2D eigenvalue weighted by atomic mass is 19.3. The fourth-order valence-electron chi connectivity index (χ4n) is 4.90. The number of carboxylic acids is 1. The molecule has 0 saturated carbocycles. The highest BCUT2D eigenvalue weighted by Crippen LogP contribution is 2.44. The van der Waals surface area contributed by atoms with E-state index in [1.54, 1.807) is 13.8 Å². The van der Waals surface area contributed by atoms with Crippen LogP contribution in [0.1, 0.15) is 30.9 Å². The van der Waals surface area contributed by atoms with Gasteiger partial charge in [0.05, 0.1) is 12.5 Å². The molecule has 1 heterocycles. The van der Waals surface area contributed by atoms with Crippen LogP contribution in [0.5, 0.6) is 0 Å². The maximum absolute atomic E-state index is 14.0. The number of benzene rings is 2. The van der Waals surface area contributed by atoms with E-state index in [0.29, 0.717) is 0 Å². The molecule has 35 heavy (non-hydrogen) atoms. The number of hydrogen-bond acceptors (Lipinski definition) is 4. The van der Waals surface area contributed by atoms with Gasteiger partial charge >= 0.3 is 12.1 Å². The van der Waals surface area contributed by atoms with E-state index in [2.05, 4.69) is 5.32 Å². The van der Waals surface area contributed by atoms with Crippen molar-refractivity contribution < 1.29 is 33.0 Å². The number of carbonyl (C=O) groups excluding carboxylic acids is 2. The molecule has 0 aromatic heterocycles. The van der Waals surface area contributed by atoms with Gasteiger partial charge in [0.1, 0.15) is 12.5 Å². The molecule has 1 saturated heterocycles. The van der Waals surface area contributed by atoms with Crippen molar-refractivity contribution in [3.8, 4) is 11.1 Å². The fourth-order valence-corrected chi connectivity index (χ4v) is 4.90. The van der Waals surface area contributed by atoms with E-state index in [0.717, 1.165) is 27.2 Å². The van der Waals surface area contributed by atoms with Crippen molar-refractivity contribution in [1.29, 1.82) is 0 Å². The molecule has 2 aromatic rings. The minimum Gasteiger partial charge on any atom is -0.481 e. The molecular weight excluding hydrogens is 458 g/mol. The molecule has 2 aliphatic rings. The summed E-state index contributed by atoms with van der Waals surface area (Å²) < 4.78 is 33.6. The number of carboxylic acid groups (broad SMARTS) is 1. The van der Waals surface area contributed by atoms with Crippen LogP contribution in [0, 0.1) is 17.8 Å². The van der Waals surface area contributed by atoms with Crippen molar-refractivity contribution in [2.75, 3.05) is 26.2 Å². The van der Waals surface area contributed by atoms with Gasteiger partial charge in [0.2, 0.25) is 5.91 Å². The van der Waals surface area contributed by atoms with Gasteiger partial charge in [-0.3, -0.25) is 9.59 Å². The van der Waals surface area contributed by atoms with Gasteiger partial charge in [-0.1, -0.05) is 62.4 Å². The van der Waals surface area contributed by atoms with Crippen LogP contribution in [0.4, 0.5) is 13.6 Å². The number of amides is 2. The Hall–Kier alpha value is -3.49. The van der Waals surface area contributed by atoms with Gasteiger partial charge in [-0.15, -0.1) is 0 Å². The van der Waals surface area contributed by atoms with Crippen molar-refractivity contribution in [3.63, 3.8) is 0 Å². The maximum atomic E-state index is 14.0. The number of rotatable bonds is 7. The quantitative estimate of drug-likeness (QED) is 0.617. The number of carbonyl (C=O) groups is 3. The highest BCUT2D eigenvalue weighted by Gasteiger charge is 2.54. The average Bonchev–Trinajstić information content (AvgIpc) is 3.31. The van der Waals surface area contributed by atoms with Crippen molar-refractivity contribution >= 4 is 18.0 Å².